The smallest absolute Gasteiger partial charge is 0.306 e. The maximum atomic E-state index is 13.0. The number of benzene rings is 2. The van der Waals surface area contributed by atoms with Crippen molar-refractivity contribution in [2.24, 2.45) is 0 Å². The fraction of sp³-hybridized carbons (Fsp3) is 0.360. The van der Waals surface area contributed by atoms with Gasteiger partial charge in [-0.25, -0.2) is 4.39 Å². The second-order valence-corrected chi connectivity index (χ2v) is 8.20. The topological polar surface area (TPSA) is 94.3 Å². The normalized spacial score (nSPS) is 13.8. The van der Waals surface area contributed by atoms with Crippen LogP contribution in [0.3, 0.4) is 0 Å². The van der Waals surface area contributed by atoms with Gasteiger partial charge in [-0.3, -0.25) is 9.59 Å². The van der Waals surface area contributed by atoms with Crippen LogP contribution in [-0.4, -0.2) is 28.6 Å². The number of halogens is 1. The zero-order chi connectivity index (χ0) is 23.2. The van der Waals surface area contributed by atoms with Crippen LogP contribution < -0.4 is 5.32 Å². The third kappa shape index (κ3) is 6.03. The Morgan fingerprint density at radius 1 is 1.12 bits per heavy atom. The predicted molar refractivity (Wildman–Crippen MR) is 119 cm³/mol. The summed E-state index contributed by atoms with van der Waals surface area (Å²) in [6.45, 7) is 1.57. The number of rotatable bonds is 8. The van der Waals surface area contributed by atoms with Gasteiger partial charge in [0.1, 0.15) is 5.82 Å². The van der Waals surface area contributed by atoms with Crippen LogP contribution in [0, 0.1) is 5.82 Å². The summed E-state index contributed by atoms with van der Waals surface area (Å²) in [6, 6.07) is 11.9. The van der Waals surface area contributed by atoms with E-state index in [9.17, 15) is 14.0 Å². The molecule has 2 aromatic carbocycles. The van der Waals surface area contributed by atoms with E-state index in [1.807, 2.05) is 13.0 Å². The molecule has 1 heterocycles. The molecule has 1 aromatic heterocycles. The Morgan fingerprint density at radius 2 is 1.88 bits per heavy atom. The van der Waals surface area contributed by atoms with Crippen molar-refractivity contribution in [1.29, 1.82) is 0 Å². The van der Waals surface area contributed by atoms with Crippen LogP contribution in [0.15, 0.2) is 47.0 Å². The standard InChI is InChI=1S/C25H26FN3O4/c1-16(19-7-6-17-4-2-3-5-20(17)14-19)27-22(30)15-32-24(31)13-12-23-28-25(29-33-23)18-8-10-21(26)11-9-18/h6-11,14,16H,2-5,12-13,15H2,1H3,(H,27,30). The number of aryl methyl sites for hydroxylation is 3. The van der Waals surface area contributed by atoms with Crippen molar-refractivity contribution in [2.45, 2.75) is 51.5 Å². The van der Waals surface area contributed by atoms with Crippen LogP contribution in [0.5, 0.6) is 0 Å². The lowest BCUT2D eigenvalue weighted by Gasteiger charge is -2.20. The number of hydrogen-bond acceptors (Lipinski definition) is 6. The summed E-state index contributed by atoms with van der Waals surface area (Å²) in [5.41, 5.74) is 4.40. The molecule has 1 N–H and O–H groups in total. The second kappa shape index (κ2) is 10.4. The maximum Gasteiger partial charge on any atom is 0.306 e. The largest absolute Gasteiger partial charge is 0.456 e. The Balaban J connectivity index is 1.20. The lowest BCUT2D eigenvalue weighted by atomic mass is 9.89. The zero-order valence-electron chi connectivity index (χ0n) is 18.5. The fourth-order valence-electron chi connectivity index (χ4n) is 3.89. The van der Waals surface area contributed by atoms with Crippen LogP contribution in [0.2, 0.25) is 0 Å². The molecule has 1 aliphatic carbocycles. The summed E-state index contributed by atoms with van der Waals surface area (Å²) in [5, 5.41) is 6.71. The Morgan fingerprint density at radius 3 is 2.67 bits per heavy atom. The minimum absolute atomic E-state index is 0.00128. The number of amides is 1. The molecule has 0 aliphatic heterocycles. The van der Waals surface area contributed by atoms with Crippen LogP contribution in [-0.2, 0) is 33.6 Å². The van der Waals surface area contributed by atoms with E-state index in [4.69, 9.17) is 9.26 Å². The molecule has 1 unspecified atom stereocenters. The van der Waals surface area contributed by atoms with E-state index < -0.39 is 5.97 Å². The molecule has 0 saturated heterocycles. The van der Waals surface area contributed by atoms with Gasteiger partial charge in [0.05, 0.1) is 12.5 Å². The minimum Gasteiger partial charge on any atom is -0.456 e. The highest BCUT2D eigenvalue weighted by Crippen LogP contribution is 2.24. The number of fused-ring (bicyclic) bond motifs is 1. The molecule has 172 valence electrons. The molecular formula is C25H26FN3O4. The zero-order valence-corrected chi connectivity index (χ0v) is 18.5. The van der Waals surface area contributed by atoms with E-state index in [-0.39, 0.29) is 43.1 Å². The second-order valence-electron chi connectivity index (χ2n) is 8.20. The third-order valence-corrected chi connectivity index (χ3v) is 5.73. The summed E-state index contributed by atoms with van der Waals surface area (Å²) < 4.78 is 23.2. The molecule has 0 bridgehead atoms. The van der Waals surface area contributed by atoms with Gasteiger partial charge < -0.3 is 14.6 Å². The van der Waals surface area contributed by atoms with E-state index in [1.54, 1.807) is 12.1 Å². The molecule has 0 spiro atoms. The quantitative estimate of drug-likeness (QED) is 0.518. The van der Waals surface area contributed by atoms with E-state index in [1.165, 1.54) is 36.1 Å². The van der Waals surface area contributed by atoms with E-state index in [0.717, 1.165) is 18.4 Å². The average Bonchev–Trinajstić information content (AvgIpc) is 3.30. The summed E-state index contributed by atoms with van der Waals surface area (Å²) in [7, 11) is 0. The number of carbonyl (C=O) groups excluding carboxylic acids is 2. The molecule has 0 fully saturated rings. The molecule has 0 radical (unpaired) electrons. The van der Waals surface area contributed by atoms with Crippen LogP contribution >= 0.6 is 0 Å². The van der Waals surface area contributed by atoms with Crippen molar-refractivity contribution in [3.63, 3.8) is 0 Å². The van der Waals surface area contributed by atoms with Gasteiger partial charge >= 0.3 is 5.97 Å². The van der Waals surface area contributed by atoms with Crippen molar-refractivity contribution in [3.8, 4) is 11.4 Å². The lowest BCUT2D eigenvalue weighted by Crippen LogP contribution is -2.31. The summed E-state index contributed by atoms with van der Waals surface area (Å²) >= 11 is 0. The summed E-state index contributed by atoms with van der Waals surface area (Å²) in [5.74, 6) is -0.671. The molecule has 3 aromatic rings. The Labute approximate surface area is 191 Å². The van der Waals surface area contributed by atoms with Gasteiger partial charge in [0.25, 0.3) is 5.91 Å². The van der Waals surface area contributed by atoms with Gasteiger partial charge in [0.2, 0.25) is 11.7 Å². The van der Waals surface area contributed by atoms with Crippen LogP contribution in [0.4, 0.5) is 4.39 Å². The number of nitrogens with one attached hydrogen (secondary N) is 1. The number of nitrogens with zero attached hydrogens (tertiary/aromatic N) is 2. The average molecular weight is 451 g/mol. The first-order valence-corrected chi connectivity index (χ1v) is 11.1. The molecule has 33 heavy (non-hydrogen) atoms. The Kier molecular flexibility index (Phi) is 7.12. The fourth-order valence-corrected chi connectivity index (χ4v) is 3.89. The van der Waals surface area contributed by atoms with Gasteiger partial charge in [-0.2, -0.15) is 4.98 Å². The van der Waals surface area contributed by atoms with Crippen molar-refractivity contribution in [1.82, 2.24) is 15.5 Å². The first-order chi connectivity index (χ1) is 16.0. The highest BCUT2D eigenvalue weighted by molar-refractivity contribution is 5.80. The van der Waals surface area contributed by atoms with Crippen LogP contribution in [0.1, 0.15) is 54.8 Å². The molecule has 1 amide bonds. The molecule has 4 rings (SSSR count). The van der Waals surface area contributed by atoms with E-state index >= 15 is 0 Å². The van der Waals surface area contributed by atoms with Crippen LogP contribution in [0.25, 0.3) is 11.4 Å². The van der Waals surface area contributed by atoms with E-state index in [0.29, 0.717) is 11.4 Å². The minimum atomic E-state index is -0.534. The number of hydrogen-bond donors (Lipinski definition) is 1. The van der Waals surface area contributed by atoms with Crippen molar-refractivity contribution in [2.75, 3.05) is 6.61 Å². The summed E-state index contributed by atoms with van der Waals surface area (Å²) in [4.78, 5) is 28.4. The van der Waals surface area contributed by atoms with Gasteiger partial charge in [-0.15, -0.1) is 0 Å². The van der Waals surface area contributed by atoms with Gasteiger partial charge in [0.15, 0.2) is 6.61 Å². The lowest BCUT2D eigenvalue weighted by molar-refractivity contribution is -0.148. The molecule has 0 saturated carbocycles. The van der Waals surface area contributed by atoms with Gasteiger partial charge in [-0.05, 0) is 73.6 Å². The number of carbonyl (C=O) groups is 2. The highest BCUT2D eigenvalue weighted by atomic mass is 19.1. The molecule has 1 atom stereocenters. The number of esters is 1. The first kappa shape index (κ1) is 22.6. The highest BCUT2D eigenvalue weighted by Gasteiger charge is 2.16. The molecule has 8 heteroatoms. The van der Waals surface area contributed by atoms with E-state index in [2.05, 4.69) is 27.6 Å². The molecule has 7 nitrogen and oxygen atoms in total. The number of ether oxygens (including phenoxy) is 1. The maximum absolute atomic E-state index is 13.0. The third-order valence-electron chi connectivity index (χ3n) is 5.73. The predicted octanol–water partition coefficient (Wildman–Crippen LogP) is 4.11. The van der Waals surface area contributed by atoms with Gasteiger partial charge in [0, 0.05) is 12.0 Å². The Bertz CT molecular complexity index is 1130. The number of aromatic nitrogens is 2. The molecule has 1 aliphatic rings. The SMILES string of the molecule is CC(NC(=O)COC(=O)CCc1nc(-c2ccc(F)cc2)no1)c1ccc2c(c1)CCCC2. The Hall–Kier alpha value is -3.55. The summed E-state index contributed by atoms with van der Waals surface area (Å²) in [6.07, 6.45) is 4.80. The monoisotopic (exact) mass is 451 g/mol. The molecular weight excluding hydrogens is 425 g/mol. The van der Waals surface area contributed by atoms with Crippen molar-refractivity contribution in [3.05, 3.63) is 70.9 Å². The van der Waals surface area contributed by atoms with Gasteiger partial charge in [-0.1, -0.05) is 23.4 Å². The van der Waals surface area contributed by atoms with Crippen molar-refractivity contribution < 1.29 is 23.2 Å². The van der Waals surface area contributed by atoms with Crippen molar-refractivity contribution >= 4 is 11.9 Å². The first-order valence-electron chi connectivity index (χ1n) is 11.1.